The first-order valence-corrected chi connectivity index (χ1v) is 16.1. The third-order valence-electron chi connectivity index (χ3n) is 10.3. The van der Waals surface area contributed by atoms with Crippen molar-refractivity contribution < 1.29 is 52.8 Å². The quantitative estimate of drug-likeness (QED) is 0.176. The number of ether oxygens (including phenoxy) is 5. The molecule has 1 aromatic rings. The molecule has 0 unspecified atom stereocenters. The third kappa shape index (κ3) is 6.97. The van der Waals surface area contributed by atoms with E-state index in [-0.39, 0.29) is 19.3 Å². The Morgan fingerprint density at radius 3 is 1.98 bits per heavy atom. The zero-order valence-corrected chi connectivity index (χ0v) is 28.9. The highest BCUT2D eigenvalue weighted by atomic mass is 16.6. The smallest absolute Gasteiger partial charge is 0.331 e. The second-order valence-electron chi connectivity index (χ2n) is 13.8. The monoisotopic (exact) mass is 666 g/mol. The van der Waals surface area contributed by atoms with Crippen LogP contribution in [-0.4, -0.2) is 71.1 Å². The lowest BCUT2D eigenvalue weighted by molar-refractivity contribution is -0.202. The van der Waals surface area contributed by atoms with Gasteiger partial charge in [0.15, 0.2) is 12.2 Å². The fourth-order valence-corrected chi connectivity index (χ4v) is 8.06. The van der Waals surface area contributed by atoms with Gasteiger partial charge in [0.1, 0.15) is 18.3 Å². The van der Waals surface area contributed by atoms with E-state index in [9.17, 15) is 29.1 Å². The number of benzene rings is 1. The van der Waals surface area contributed by atoms with Gasteiger partial charge >= 0.3 is 29.8 Å². The van der Waals surface area contributed by atoms with Gasteiger partial charge in [0.05, 0.1) is 11.0 Å². The van der Waals surface area contributed by atoms with E-state index in [0.717, 1.165) is 5.56 Å². The van der Waals surface area contributed by atoms with E-state index in [1.807, 2.05) is 30.3 Å². The highest BCUT2D eigenvalue weighted by Crippen LogP contribution is 2.65. The van der Waals surface area contributed by atoms with Gasteiger partial charge < -0.3 is 28.8 Å². The van der Waals surface area contributed by atoms with Crippen molar-refractivity contribution in [2.75, 3.05) is 0 Å². The van der Waals surface area contributed by atoms with Crippen LogP contribution in [0.1, 0.15) is 80.2 Å². The van der Waals surface area contributed by atoms with Crippen LogP contribution in [0, 0.1) is 16.7 Å². The predicted molar refractivity (Wildman–Crippen MR) is 174 cm³/mol. The summed E-state index contributed by atoms with van der Waals surface area (Å²) in [5.41, 5.74) is -1.84. The molecule has 3 aliphatic carbocycles. The topological polar surface area (TPSA) is 152 Å². The van der Waals surface area contributed by atoms with Crippen LogP contribution in [-0.2, 0) is 47.7 Å². The van der Waals surface area contributed by atoms with E-state index < -0.39 is 82.7 Å². The van der Waals surface area contributed by atoms with Crippen molar-refractivity contribution >= 4 is 35.9 Å². The van der Waals surface area contributed by atoms with Crippen LogP contribution in [0.5, 0.6) is 0 Å². The minimum absolute atomic E-state index is 0.0233. The molecule has 8 atom stereocenters. The molecule has 2 fully saturated rings. The number of carbonyl (C=O) groups excluding carboxylic acids is 5. The number of rotatable bonds is 8. The summed E-state index contributed by atoms with van der Waals surface area (Å²) in [6.07, 6.45) is -2.17. The standard InChI is InChI=1S/C37H46O11/c1-20-27-18-37(35(7,8)43)19-29(44-22(3)38)21(2)32(37)33(46-24(5)40)34(47-25(6)41)36(27,9)30(45-23(4)39)17-28(20)48-31(42)16-15-26-13-11-10-12-14-26/h10-16,27-30,33-34,43H,1,17-19H2,2-9H3/b16-15-/t27-,28-,29+,30+,33-,34+,36+,37+/m1/s1. The lowest BCUT2D eigenvalue weighted by Gasteiger charge is -2.53. The summed E-state index contributed by atoms with van der Waals surface area (Å²) in [6, 6.07) is 9.20. The first-order chi connectivity index (χ1) is 22.3. The van der Waals surface area contributed by atoms with Crippen LogP contribution >= 0.6 is 0 Å². The zero-order chi connectivity index (χ0) is 35.8. The van der Waals surface area contributed by atoms with Crippen LogP contribution in [0.2, 0.25) is 0 Å². The maximum absolute atomic E-state index is 13.2. The number of hydrogen-bond donors (Lipinski definition) is 1. The molecule has 1 N–H and O–H groups in total. The van der Waals surface area contributed by atoms with Gasteiger partial charge in [0.2, 0.25) is 0 Å². The fraction of sp³-hybridized carbons (Fsp3) is 0.541. The van der Waals surface area contributed by atoms with Gasteiger partial charge in [-0.2, -0.15) is 0 Å². The van der Waals surface area contributed by atoms with E-state index in [1.54, 1.807) is 33.8 Å². The van der Waals surface area contributed by atoms with Crippen molar-refractivity contribution in [3.63, 3.8) is 0 Å². The Morgan fingerprint density at radius 2 is 1.44 bits per heavy atom. The molecule has 0 amide bonds. The molecule has 11 nitrogen and oxygen atoms in total. The first-order valence-electron chi connectivity index (χ1n) is 16.1. The molecular formula is C37H46O11. The molecule has 3 aliphatic rings. The minimum atomic E-state index is -1.53. The normalized spacial score (nSPS) is 31.6. The molecule has 260 valence electrons. The number of fused-ring (bicyclic) bond motifs is 2. The Labute approximate surface area is 281 Å². The fourth-order valence-electron chi connectivity index (χ4n) is 8.06. The number of carbonyl (C=O) groups is 5. The Balaban J connectivity index is 1.94. The Kier molecular flexibility index (Phi) is 10.4. The van der Waals surface area contributed by atoms with E-state index in [2.05, 4.69) is 6.58 Å². The van der Waals surface area contributed by atoms with E-state index in [0.29, 0.717) is 16.7 Å². The van der Waals surface area contributed by atoms with Crippen LogP contribution in [0.3, 0.4) is 0 Å². The molecule has 0 radical (unpaired) electrons. The average Bonchev–Trinajstić information content (AvgIpc) is 3.20. The Morgan fingerprint density at radius 1 is 0.854 bits per heavy atom. The maximum atomic E-state index is 13.2. The van der Waals surface area contributed by atoms with Gasteiger partial charge in [-0.15, -0.1) is 0 Å². The van der Waals surface area contributed by atoms with Gasteiger partial charge in [-0.05, 0) is 61.5 Å². The predicted octanol–water partition coefficient (Wildman–Crippen LogP) is 4.80. The van der Waals surface area contributed by atoms with Gasteiger partial charge in [-0.1, -0.05) is 43.8 Å². The summed E-state index contributed by atoms with van der Waals surface area (Å²) in [5, 5.41) is 12.0. The highest BCUT2D eigenvalue weighted by Gasteiger charge is 2.69. The van der Waals surface area contributed by atoms with Gasteiger partial charge in [-0.25, -0.2) is 4.79 Å². The number of aliphatic hydroxyl groups is 1. The summed E-state index contributed by atoms with van der Waals surface area (Å²) in [6.45, 7) is 16.1. The van der Waals surface area contributed by atoms with Crippen molar-refractivity contribution in [1.29, 1.82) is 0 Å². The van der Waals surface area contributed by atoms with Crippen molar-refractivity contribution in [1.82, 2.24) is 0 Å². The summed E-state index contributed by atoms with van der Waals surface area (Å²) < 4.78 is 29.7. The molecule has 0 spiro atoms. The molecule has 11 heteroatoms. The molecule has 4 rings (SSSR count). The molecule has 1 aromatic carbocycles. The molecular weight excluding hydrogens is 620 g/mol. The van der Waals surface area contributed by atoms with Crippen LogP contribution in [0.4, 0.5) is 0 Å². The van der Waals surface area contributed by atoms with Gasteiger partial charge in [0, 0.05) is 52.0 Å². The summed E-state index contributed by atoms with van der Waals surface area (Å²) in [5.74, 6) is -3.94. The second kappa shape index (κ2) is 13.7. The summed E-state index contributed by atoms with van der Waals surface area (Å²) in [7, 11) is 0. The highest BCUT2D eigenvalue weighted by molar-refractivity contribution is 5.87. The molecule has 0 aliphatic heterocycles. The molecule has 0 aromatic heterocycles. The first kappa shape index (κ1) is 36.6. The average molecular weight is 667 g/mol. The zero-order valence-electron chi connectivity index (χ0n) is 28.9. The van der Waals surface area contributed by atoms with E-state index in [4.69, 9.17) is 23.7 Å². The lowest BCUT2D eigenvalue weighted by atomic mass is 9.56. The van der Waals surface area contributed by atoms with Gasteiger partial charge in [0.25, 0.3) is 0 Å². The third-order valence-corrected chi connectivity index (χ3v) is 10.3. The molecule has 2 saturated carbocycles. The van der Waals surface area contributed by atoms with Crippen molar-refractivity contribution in [3.05, 3.63) is 65.3 Å². The summed E-state index contributed by atoms with van der Waals surface area (Å²) in [4.78, 5) is 63.7. The molecule has 0 heterocycles. The van der Waals surface area contributed by atoms with Crippen LogP contribution in [0.15, 0.2) is 59.7 Å². The maximum Gasteiger partial charge on any atom is 0.331 e. The van der Waals surface area contributed by atoms with E-state index >= 15 is 0 Å². The largest absolute Gasteiger partial charge is 0.462 e. The molecule has 48 heavy (non-hydrogen) atoms. The number of esters is 5. The summed E-state index contributed by atoms with van der Waals surface area (Å²) >= 11 is 0. The van der Waals surface area contributed by atoms with Crippen LogP contribution in [0.25, 0.3) is 6.08 Å². The van der Waals surface area contributed by atoms with Crippen molar-refractivity contribution in [2.45, 2.75) is 111 Å². The van der Waals surface area contributed by atoms with Crippen molar-refractivity contribution in [3.8, 4) is 0 Å². The Hall–Kier alpha value is -4.25. The van der Waals surface area contributed by atoms with Crippen molar-refractivity contribution in [2.24, 2.45) is 16.7 Å². The second-order valence-corrected chi connectivity index (χ2v) is 13.8. The molecule has 0 saturated heterocycles. The van der Waals surface area contributed by atoms with E-state index in [1.165, 1.54) is 33.8 Å². The Bertz CT molecular complexity index is 1530. The van der Waals surface area contributed by atoms with Gasteiger partial charge in [-0.3, -0.25) is 19.2 Å². The lowest BCUT2D eigenvalue weighted by Crippen LogP contribution is -2.60. The van der Waals surface area contributed by atoms with Crippen LogP contribution < -0.4 is 0 Å². The number of hydrogen-bond acceptors (Lipinski definition) is 11. The molecule has 0 bridgehead atoms. The minimum Gasteiger partial charge on any atom is -0.462 e. The SMILES string of the molecule is C=C1[C@H]2C[C@]3(C(C)(C)O)C[C@H](OC(C)=O)C(C)=C3[C@@H](OC(C)=O)[C@H](OC(C)=O)[C@]2(C)[C@@H](OC(C)=O)C[C@H]1OC(=O)/C=C\c1ccccc1.